The van der Waals surface area contributed by atoms with Crippen LogP contribution in [0.1, 0.15) is 24.8 Å². The molecule has 0 saturated carbocycles. The Labute approximate surface area is 142 Å². The summed E-state index contributed by atoms with van der Waals surface area (Å²) < 4.78 is 5.47. The lowest BCUT2D eigenvalue weighted by Gasteiger charge is -2.37. The second-order valence-corrected chi connectivity index (χ2v) is 6.24. The van der Waals surface area contributed by atoms with E-state index in [9.17, 15) is 4.79 Å². The molecule has 2 heterocycles. The molecule has 0 aliphatic carbocycles. The first kappa shape index (κ1) is 17.5. The van der Waals surface area contributed by atoms with Gasteiger partial charge in [0.1, 0.15) is 0 Å². The number of rotatable bonds is 3. The summed E-state index contributed by atoms with van der Waals surface area (Å²) in [5, 5.41) is 7.14. The summed E-state index contributed by atoms with van der Waals surface area (Å²) in [5.74, 6) is 0.0904. The van der Waals surface area contributed by atoms with Crippen LogP contribution in [-0.4, -0.2) is 38.3 Å². The smallest absolute Gasteiger partial charge is 0.231 e. The minimum absolute atomic E-state index is 0. The highest BCUT2D eigenvalue weighted by atomic mass is 35.5. The summed E-state index contributed by atoms with van der Waals surface area (Å²) in [4.78, 5) is 13.0. The Morgan fingerprint density at radius 2 is 2.05 bits per heavy atom. The van der Waals surface area contributed by atoms with Gasteiger partial charge in [0.25, 0.3) is 0 Å². The minimum Gasteiger partial charge on any atom is -0.381 e. The molecule has 3 rings (SSSR count). The quantitative estimate of drug-likeness (QED) is 0.884. The molecule has 0 spiro atoms. The molecule has 22 heavy (non-hydrogen) atoms. The van der Waals surface area contributed by atoms with Crippen LogP contribution in [0.15, 0.2) is 24.3 Å². The Balaban J connectivity index is 0.00000176. The lowest BCUT2D eigenvalue weighted by Crippen LogP contribution is -2.51. The van der Waals surface area contributed by atoms with Crippen LogP contribution in [-0.2, 0) is 14.9 Å². The summed E-state index contributed by atoms with van der Waals surface area (Å²) in [6.07, 6.45) is 2.35. The molecule has 0 aromatic heterocycles. The van der Waals surface area contributed by atoms with Crippen LogP contribution >= 0.6 is 24.0 Å². The summed E-state index contributed by atoms with van der Waals surface area (Å²) in [6.45, 7) is 3.01. The first-order valence-electron chi connectivity index (χ1n) is 7.57. The molecular weight excluding hydrogens is 323 g/mol. The second-order valence-electron chi connectivity index (χ2n) is 5.84. The number of benzene rings is 1. The van der Waals surface area contributed by atoms with Crippen LogP contribution in [0.2, 0.25) is 5.02 Å². The molecule has 0 bridgehead atoms. The van der Waals surface area contributed by atoms with Crippen molar-refractivity contribution in [3.63, 3.8) is 0 Å². The predicted molar refractivity (Wildman–Crippen MR) is 89.8 cm³/mol. The number of ether oxygens (including phenoxy) is 1. The Morgan fingerprint density at radius 1 is 1.32 bits per heavy atom. The summed E-state index contributed by atoms with van der Waals surface area (Å²) in [7, 11) is 0. The van der Waals surface area contributed by atoms with Gasteiger partial charge in [-0.05, 0) is 37.4 Å². The molecule has 2 saturated heterocycles. The monoisotopic (exact) mass is 344 g/mol. The molecule has 0 radical (unpaired) electrons. The zero-order valence-electron chi connectivity index (χ0n) is 12.4. The normalized spacial score (nSPS) is 23.6. The summed E-state index contributed by atoms with van der Waals surface area (Å²) in [6, 6.07) is 7.90. The van der Waals surface area contributed by atoms with Crippen LogP contribution in [0, 0.1) is 0 Å². The average Bonchev–Trinajstić information content (AvgIpc) is 3.01. The zero-order chi connectivity index (χ0) is 14.7. The third-order valence-electron chi connectivity index (χ3n) is 4.57. The first-order chi connectivity index (χ1) is 10.2. The van der Waals surface area contributed by atoms with Crippen molar-refractivity contribution in [2.75, 3.05) is 26.3 Å². The lowest BCUT2D eigenvalue weighted by atomic mass is 9.73. The molecule has 1 aromatic rings. The van der Waals surface area contributed by atoms with Crippen molar-refractivity contribution in [3.05, 3.63) is 34.9 Å². The van der Waals surface area contributed by atoms with Crippen LogP contribution < -0.4 is 10.6 Å². The molecule has 2 N–H and O–H groups in total. The number of hydrogen-bond acceptors (Lipinski definition) is 3. The number of hydrogen-bond donors (Lipinski definition) is 2. The number of carbonyl (C=O) groups excluding carboxylic acids is 1. The fourth-order valence-electron chi connectivity index (χ4n) is 3.29. The predicted octanol–water partition coefficient (Wildman–Crippen LogP) is 2.29. The Kier molecular flexibility index (Phi) is 6.09. The van der Waals surface area contributed by atoms with E-state index in [0.717, 1.165) is 25.1 Å². The van der Waals surface area contributed by atoms with Gasteiger partial charge in [0.05, 0.1) is 5.41 Å². The van der Waals surface area contributed by atoms with Gasteiger partial charge in [0.2, 0.25) is 5.91 Å². The highest BCUT2D eigenvalue weighted by Crippen LogP contribution is 2.39. The van der Waals surface area contributed by atoms with E-state index < -0.39 is 5.41 Å². The van der Waals surface area contributed by atoms with E-state index in [4.69, 9.17) is 16.3 Å². The van der Waals surface area contributed by atoms with E-state index in [1.54, 1.807) is 0 Å². The van der Waals surface area contributed by atoms with E-state index in [2.05, 4.69) is 10.6 Å². The topological polar surface area (TPSA) is 50.4 Å². The van der Waals surface area contributed by atoms with Crippen molar-refractivity contribution in [2.24, 2.45) is 0 Å². The molecule has 1 aromatic carbocycles. The Hall–Kier alpha value is -0.810. The molecular formula is C16H22Cl2N2O2. The molecule has 1 atom stereocenters. The highest BCUT2D eigenvalue weighted by Gasteiger charge is 2.43. The van der Waals surface area contributed by atoms with E-state index >= 15 is 0 Å². The first-order valence-corrected chi connectivity index (χ1v) is 7.95. The van der Waals surface area contributed by atoms with Crippen molar-refractivity contribution in [3.8, 4) is 0 Å². The van der Waals surface area contributed by atoms with Gasteiger partial charge in [-0.1, -0.05) is 29.8 Å². The van der Waals surface area contributed by atoms with Crippen LogP contribution in [0.25, 0.3) is 0 Å². The van der Waals surface area contributed by atoms with Gasteiger partial charge >= 0.3 is 0 Å². The van der Waals surface area contributed by atoms with Gasteiger partial charge in [-0.3, -0.25) is 4.79 Å². The third kappa shape index (κ3) is 3.40. The maximum atomic E-state index is 13.0. The third-order valence-corrected chi connectivity index (χ3v) is 4.90. The fraction of sp³-hybridized carbons (Fsp3) is 0.562. The van der Waals surface area contributed by atoms with Crippen molar-refractivity contribution >= 4 is 29.9 Å². The standard InChI is InChI=1S/C16H21ClN2O2.ClH/c17-14-4-2-1-3-13(14)16(6-9-21-10-7-16)15(20)19-12-5-8-18-11-12;/h1-4,12,18H,5-11H2,(H,19,20);1H. The maximum Gasteiger partial charge on any atom is 0.231 e. The van der Waals surface area contributed by atoms with Gasteiger partial charge in [-0.2, -0.15) is 0 Å². The summed E-state index contributed by atoms with van der Waals surface area (Å²) in [5.41, 5.74) is 0.373. The molecule has 1 unspecified atom stereocenters. The molecule has 2 aliphatic rings. The van der Waals surface area contributed by atoms with Gasteiger partial charge in [-0.15, -0.1) is 12.4 Å². The van der Waals surface area contributed by atoms with Crippen molar-refractivity contribution in [2.45, 2.75) is 30.7 Å². The fourth-order valence-corrected chi connectivity index (χ4v) is 3.61. The maximum absolute atomic E-state index is 13.0. The zero-order valence-corrected chi connectivity index (χ0v) is 14.0. The lowest BCUT2D eigenvalue weighted by molar-refractivity contribution is -0.131. The molecule has 1 amide bonds. The van der Waals surface area contributed by atoms with E-state index in [-0.39, 0.29) is 24.4 Å². The summed E-state index contributed by atoms with van der Waals surface area (Å²) >= 11 is 6.37. The number of amides is 1. The van der Waals surface area contributed by atoms with Gasteiger partial charge in [0.15, 0.2) is 0 Å². The van der Waals surface area contributed by atoms with Gasteiger partial charge < -0.3 is 15.4 Å². The number of nitrogens with one attached hydrogen (secondary N) is 2. The average molecular weight is 345 g/mol. The number of halogens is 2. The van der Waals surface area contributed by atoms with Crippen molar-refractivity contribution < 1.29 is 9.53 Å². The van der Waals surface area contributed by atoms with E-state index in [1.807, 2.05) is 24.3 Å². The minimum atomic E-state index is -0.556. The van der Waals surface area contributed by atoms with Crippen molar-refractivity contribution in [1.29, 1.82) is 0 Å². The SMILES string of the molecule is Cl.O=C(NC1CCNC1)C1(c2ccccc2Cl)CCOCC1. The highest BCUT2D eigenvalue weighted by molar-refractivity contribution is 6.31. The van der Waals surface area contributed by atoms with Crippen LogP contribution in [0.4, 0.5) is 0 Å². The van der Waals surface area contributed by atoms with Crippen LogP contribution in [0.5, 0.6) is 0 Å². The molecule has 2 aliphatic heterocycles. The van der Waals surface area contributed by atoms with E-state index in [1.165, 1.54) is 0 Å². The molecule has 122 valence electrons. The largest absolute Gasteiger partial charge is 0.381 e. The Morgan fingerprint density at radius 3 is 2.68 bits per heavy atom. The second kappa shape index (κ2) is 7.64. The Bertz CT molecular complexity index is 513. The van der Waals surface area contributed by atoms with E-state index in [0.29, 0.717) is 31.1 Å². The number of carbonyl (C=O) groups is 1. The van der Waals surface area contributed by atoms with Crippen LogP contribution in [0.3, 0.4) is 0 Å². The molecule has 2 fully saturated rings. The molecule has 4 nitrogen and oxygen atoms in total. The van der Waals surface area contributed by atoms with Gasteiger partial charge in [-0.25, -0.2) is 0 Å². The van der Waals surface area contributed by atoms with Crippen molar-refractivity contribution in [1.82, 2.24) is 10.6 Å². The molecule has 6 heteroatoms. The van der Waals surface area contributed by atoms with Gasteiger partial charge in [0, 0.05) is 30.8 Å².